The van der Waals surface area contributed by atoms with E-state index in [1.807, 2.05) is 44.2 Å². The van der Waals surface area contributed by atoms with Crippen molar-refractivity contribution in [1.29, 1.82) is 0 Å². The third kappa shape index (κ3) is 7.23. The molecule has 4 aromatic rings. The molecule has 2 aromatic heterocycles. The van der Waals surface area contributed by atoms with Gasteiger partial charge in [-0.05, 0) is 57.5 Å². The van der Waals surface area contributed by atoms with Gasteiger partial charge in [0.15, 0.2) is 11.5 Å². The van der Waals surface area contributed by atoms with Crippen LogP contribution in [0.5, 0.6) is 11.5 Å². The average molecular weight is 581 g/mol. The Balaban J connectivity index is 0.00000169. The van der Waals surface area contributed by atoms with Gasteiger partial charge in [-0.25, -0.2) is 4.98 Å². The SMILES string of the molecule is CCOc1cc(C)nc(CNc2nc3ccccc3n2C2CCNCC2)c1OCc1ccccc1.Cl.Cl.Cl. The molecule has 2 aromatic carbocycles. The maximum Gasteiger partial charge on any atom is 0.204 e. The van der Waals surface area contributed by atoms with Crippen LogP contribution in [0.4, 0.5) is 5.95 Å². The van der Waals surface area contributed by atoms with Crippen LogP contribution in [0, 0.1) is 6.92 Å². The minimum absolute atomic E-state index is 0. The van der Waals surface area contributed by atoms with Crippen molar-refractivity contribution in [1.82, 2.24) is 19.9 Å². The number of aromatic nitrogens is 3. The van der Waals surface area contributed by atoms with Crippen molar-refractivity contribution in [3.05, 3.63) is 77.6 Å². The molecule has 10 heteroatoms. The molecule has 0 saturated carbocycles. The van der Waals surface area contributed by atoms with Crippen LogP contribution in [0.2, 0.25) is 0 Å². The molecule has 3 heterocycles. The number of para-hydroxylation sites is 2. The van der Waals surface area contributed by atoms with Gasteiger partial charge in [0.05, 0.1) is 24.2 Å². The normalized spacial score (nSPS) is 13.1. The van der Waals surface area contributed by atoms with Gasteiger partial charge in [0.2, 0.25) is 5.95 Å². The molecule has 0 bridgehead atoms. The van der Waals surface area contributed by atoms with Gasteiger partial charge in [0, 0.05) is 17.8 Å². The summed E-state index contributed by atoms with van der Waals surface area (Å²) in [7, 11) is 0. The van der Waals surface area contributed by atoms with E-state index in [4.69, 9.17) is 19.4 Å². The predicted molar refractivity (Wildman–Crippen MR) is 161 cm³/mol. The Morgan fingerprint density at radius 1 is 0.947 bits per heavy atom. The summed E-state index contributed by atoms with van der Waals surface area (Å²) in [5, 5.41) is 7.05. The van der Waals surface area contributed by atoms with Crippen LogP contribution < -0.4 is 20.1 Å². The van der Waals surface area contributed by atoms with Crippen LogP contribution in [-0.4, -0.2) is 34.2 Å². The third-order valence-electron chi connectivity index (χ3n) is 6.35. The summed E-state index contributed by atoms with van der Waals surface area (Å²) in [6, 6.07) is 20.9. The number of hydrogen-bond donors (Lipinski definition) is 2. The van der Waals surface area contributed by atoms with Crippen molar-refractivity contribution in [2.24, 2.45) is 0 Å². The number of pyridine rings is 1. The Labute approximate surface area is 243 Å². The first-order valence-electron chi connectivity index (χ1n) is 12.4. The Kier molecular flexibility index (Phi) is 12.5. The summed E-state index contributed by atoms with van der Waals surface area (Å²) in [4.78, 5) is 9.76. The molecule has 2 N–H and O–H groups in total. The molecule has 0 atom stereocenters. The van der Waals surface area contributed by atoms with Gasteiger partial charge in [-0.3, -0.25) is 4.98 Å². The van der Waals surface area contributed by atoms with E-state index >= 15 is 0 Å². The van der Waals surface area contributed by atoms with Crippen molar-refractivity contribution in [3.63, 3.8) is 0 Å². The van der Waals surface area contributed by atoms with Crippen LogP contribution in [-0.2, 0) is 13.2 Å². The second-order valence-corrected chi connectivity index (χ2v) is 8.87. The van der Waals surface area contributed by atoms with Crippen molar-refractivity contribution in [3.8, 4) is 11.5 Å². The lowest BCUT2D eigenvalue weighted by atomic mass is 10.1. The standard InChI is InChI=1S/C28H33N5O2.3ClH/c1-3-34-26-17-20(2)31-24(27(26)35-19-21-9-5-4-6-10-21)18-30-28-32-23-11-7-8-12-25(23)33(28)22-13-15-29-16-14-22;;;/h4-12,17,22,29H,3,13-16,18-19H2,1-2H3,(H,30,32);3*1H. The molecular weight excluding hydrogens is 545 g/mol. The fourth-order valence-corrected chi connectivity index (χ4v) is 4.73. The van der Waals surface area contributed by atoms with Crippen molar-refractivity contribution in [2.45, 2.75) is 45.9 Å². The Morgan fingerprint density at radius 3 is 2.39 bits per heavy atom. The van der Waals surface area contributed by atoms with Gasteiger partial charge in [0.25, 0.3) is 0 Å². The predicted octanol–water partition coefficient (Wildman–Crippen LogP) is 6.52. The highest BCUT2D eigenvalue weighted by Crippen LogP contribution is 2.34. The summed E-state index contributed by atoms with van der Waals surface area (Å²) in [5.74, 6) is 2.27. The third-order valence-corrected chi connectivity index (χ3v) is 6.35. The molecule has 7 nitrogen and oxygen atoms in total. The monoisotopic (exact) mass is 579 g/mol. The molecule has 1 aliphatic rings. The molecule has 38 heavy (non-hydrogen) atoms. The van der Waals surface area contributed by atoms with E-state index in [0.717, 1.165) is 65.6 Å². The van der Waals surface area contributed by atoms with E-state index in [9.17, 15) is 0 Å². The molecule has 0 radical (unpaired) electrons. The van der Waals surface area contributed by atoms with Gasteiger partial charge in [-0.1, -0.05) is 42.5 Å². The number of anilines is 1. The van der Waals surface area contributed by atoms with E-state index < -0.39 is 0 Å². The fourth-order valence-electron chi connectivity index (χ4n) is 4.73. The minimum Gasteiger partial charge on any atom is -0.490 e. The van der Waals surface area contributed by atoms with Crippen LogP contribution in [0.25, 0.3) is 11.0 Å². The maximum atomic E-state index is 6.29. The lowest BCUT2D eigenvalue weighted by Gasteiger charge is -2.26. The summed E-state index contributed by atoms with van der Waals surface area (Å²) < 4.78 is 14.6. The average Bonchev–Trinajstić information content (AvgIpc) is 3.26. The highest BCUT2D eigenvalue weighted by Gasteiger charge is 2.22. The quantitative estimate of drug-likeness (QED) is 0.235. The number of nitrogens with one attached hydrogen (secondary N) is 2. The van der Waals surface area contributed by atoms with Gasteiger partial charge < -0.3 is 24.7 Å². The lowest BCUT2D eigenvalue weighted by Crippen LogP contribution is -2.30. The Hall–Kier alpha value is -2.71. The Bertz CT molecular complexity index is 1280. The first-order chi connectivity index (χ1) is 17.2. The molecule has 206 valence electrons. The van der Waals surface area contributed by atoms with Gasteiger partial charge >= 0.3 is 0 Å². The zero-order valence-electron chi connectivity index (χ0n) is 21.7. The van der Waals surface area contributed by atoms with Crippen LogP contribution in [0.3, 0.4) is 0 Å². The number of imidazole rings is 1. The topological polar surface area (TPSA) is 73.2 Å². The van der Waals surface area contributed by atoms with Gasteiger partial charge in [-0.15, -0.1) is 37.2 Å². The molecule has 1 aliphatic heterocycles. The molecule has 0 amide bonds. The largest absolute Gasteiger partial charge is 0.490 e. The van der Waals surface area contributed by atoms with Gasteiger partial charge in [-0.2, -0.15) is 0 Å². The number of aryl methyl sites for hydroxylation is 1. The summed E-state index contributed by atoms with van der Waals surface area (Å²) in [5.41, 5.74) is 4.97. The van der Waals surface area contributed by atoms with E-state index in [2.05, 4.69) is 45.5 Å². The molecular formula is C28H36Cl3N5O2. The van der Waals surface area contributed by atoms with Crippen LogP contribution >= 0.6 is 37.2 Å². The second kappa shape index (κ2) is 15.0. The Morgan fingerprint density at radius 2 is 1.66 bits per heavy atom. The van der Waals surface area contributed by atoms with E-state index in [1.165, 1.54) is 0 Å². The van der Waals surface area contributed by atoms with E-state index in [0.29, 0.717) is 31.5 Å². The molecule has 1 fully saturated rings. The number of piperidine rings is 1. The zero-order valence-corrected chi connectivity index (χ0v) is 24.1. The lowest BCUT2D eigenvalue weighted by molar-refractivity contribution is 0.265. The maximum absolute atomic E-state index is 6.29. The number of benzene rings is 2. The van der Waals surface area contributed by atoms with Crippen LogP contribution in [0.15, 0.2) is 60.7 Å². The number of rotatable bonds is 9. The van der Waals surface area contributed by atoms with E-state index in [1.54, 1.807) is 0 Å². The second-order valence-electron chi connectivity index (χ2n) is 8.87. The minimum atomic E-state index is 0. The van der Waals surface area contributed by atoms with E-state index in [-0.39, 0.29) is 37.2 Å². The molecule has 0 spiro atoms. The molecule has 5 rings (SSSR count). The molecule has 0 aliphatic carbocycles. The number of nitrogens with zero attached hydrogens (tertiary/aromatic N) is 3. The fraction of sp³-hybridized carbons (Fsp3) is 0.357. The number of halogens is 3. The number of hydrogen-bond acceptors (Lipinski definition) is 6. The molecule has 0 unspecified atom stereocenters. The first kappa shape index (κ1) is 31.5. The molecule has 1 saturated heterocycles. The van der Waals surface area contributed by atoms with Crippen molar-refractivity contribution >= 4 is 54.2 Å². The number of ether oxygens (including phenoxy) is 2. The highest BCUT2D eigenvalue weighted by atomic mass is 35.5. The summed E-state index contributed by atoms with van der Waals surface area (Å²) >= 11 is 0. The number of fused-ring (bicyclic) bond motifs is 1. The zero-order chi connectivity index (χ0) is 24.0. The van der Waals surface area contributed by atoms with Crippen LogP contribution in [0.1, 0.15) is 42.8 Å². The summed E-state index contributed by atoms with van der Waals surface area (Å²) in [6.45, 7) is 7.50. The first-order valence-corrected chi connectivity index (χ1v) is 12.4. The summed E-state index contributed by atoms with van der Waals surface area (Å²) in [6.07, 6.45) is 2.16. The highest BCUT2D eigenvalue weighted by molar-refractivity contribution is 5.86. The van der Waals surface area contributed by atoms with Crippen molar-refractivity contribution < 1.29 is 9.47 Å². The van der Waals surface area contributed by atoms with Crippen molar-refractivity contribution in [2.75, 3.05) is 25.0 Å². The smallest absolute Gasteiger partial charge is 0.204 e. The van der Waals surface area contributed by atoms with Gasteiger partial charge in [0.1, 0.15) is 12.3 Å².